The summed E-state index contributed by atoms with van der Waals surface area (Å²) in [4.78, 5) is 27.2. The highest BCUT2D eigenvalue weighted by atomic mass is 16.2. The van der Waals surface area contributed by atoms with E-state index in [0.29, 0.717) is 12.1 Å². The third kappa shape index (κ3) is 4.33. The largest absolute Gasteiger partial charge is 0.371 e. The number of nitrogens with zero attached hydrogens (tertiary/aromatic N) is 1. The summed E-state index contributed by atoms with van der Waals surface area (Å²) in [5.74, 6) is 0.165. The molecule has 3 rings (SSSR count). The van der Waals surface area contributed by atoms with E-state index in [0.717, 1.165) is 63.0 Å². The number of piperidine rings is 1. The molecule has 2 N–H and O–H groups in total. The van der Waals surface area contributed by atoms with Crippen molar-refractivity contribution in [2.45, 2.75) is 51.9 Å². The van der Waals surface area contributed by atoms with E-state index in [-0.39, 0.29) is 17.7 Å². The fourth-order valence-electron chi connectivity index (χ4n) is 3.45. The second-order valence-corrected chi connectivity index (χ2v) is 7.15. The van der Waals surface area contributed by atoms with Crippen LogP contribution in [0.1, 0.15) is 62.2 Å². The van der Waals surface area contributed by atoms with E-state index < -0.39 is 0 Å². The van der Waals surface area contributed by atoms with Gasteiger partial charge >= 0.3 is 0 Å². The van der Waals surface area contributed by atoms with E-state index in [1.807, 2.05) is 25.1 Å². The first-order chi connectivity index (χ1) is 12.2. The number of carbonyl (C=O) groups excluding carboxylic acids is 2. The zero-order chi connectivity index (χ0) is 17.6. The maximum atomic E-state index is 12.7. The van der Waals surface area contributed by atoms with Gasteiger partial charge in [0.15, 0.2) is 0 Å². The SMILES string of the molecule is CCCNC(=O)c1cc(NC(=O)C2CCC2)ccc1N1CCCCC1. The quantitative estimate of drug-likeness (QED) is 0.830. The third-order valence-electron chi connectivity index (χ3n) is 5.22. The van der Waals surface area contributed by atoms with Gasteiger partial charge in [-0.05, 0) is 56.7 Å². The van der Waals surface area contributed by atoms with E-state index in [1.165, 1.54) is 6.42 Å². The summed E-state index contributed by atoms with van der Waals surface area (Å²) < 4.78 is 0. The minimum atomic E-state index is -0.0535. The number of amides is 2. The third-order valence-corrected chi connectivity index (χ3v) is 5.22. The Morgan fingerprint density at radius 1 is 1.12 bits per heavy atom. The Balaban J connectivity index is 1.80. The maximum Gasteiger partial charge on any atom is 0.253 e. The number of hydrogen-bond donors (Lipinski definition) is 2. The molecule has 25 heavy (non-hydrogen) atoms. The van der Waals surface area contributed by atoms with E-state index >= 15 is 0 Å². The molecule has 0 unspecified atom stereocenters. The van der Waals surface area contributed by atoms with Crippen molar-refractivity contribution in [1.82, 2.24) is 5.32 Å². The van der Waals surface area contributed by atoms with Crippen molar-refractivity contribution in [1.29, 1.82) is 0 Å². The first-order valence-electron chi connectivity index (χ1n) is 9.67. The van der Waals surface area contributed by atoms with Crippen molar-refractivity contribution < 1.29 is 9.59 Å². The predicted molar refractivity (Wildman–Crippen MR) is 101 cm³/mol. The fourth-order valence-corrected chi connectivity index (χ4v) is 3.45. The molecule has 1 aliphatic carbocycles. The van der Waals surface area contributed by atoms with E-state index in [4.69, 9.17) is 0 Å². The van der Waals surface area contributed by atoms with Crippen LogP contribution >= 0.6 is 0 Å². The summed E-state index contributed by atoms with van der Waals surface area (Å²) in [5.41, 5.74) is 2.37. The fraction of sp³-hybridized carbons (Fsp3) is 0.600. The Labute approximate surface area is 150 Å². The molecule has 2 aliphatic rings. The molecule has 1 heterocycles. The topological polar surface area (TPSA) is 61.4 Å². The van der Waals surface area contributed by atoms with Crippen LogP contribution < -0.4 is 15.5 Å². The highest BCUT2D eigenvalue weighted by molar-refractivity contribution is 6.02. The summed E-state index contributed by atoms with van der Waals surface area (Å²) in [6.07, 6.45) is 7.57. The molecule has 0 spiro atoms. The lowest BCUT2D eigenvalue weighted by Crippen LogP contribution is -2.33. The van der Waals surface area contributed by atoms with Gasteiger partial charge in [0.1, 0.15) is 0 Å². The molecule has 2 amide bonds. The zero-order valence-corrected chi connectivity index (χ0v) is 15.1. The van der Waals surface area contributed by atoms with Crippen molar-refractivity contribution in [2.24, 2.45) is 5.92 Å². The van der Waals surface area contributed by atoms with Crippen molar-refractivity contribution in [3.05, 3.63) is 23.8 Å². The predicted octanol–water partition coefficient (Wildman–Crippen LogP) is 3.56. The van der Waals surface area contributed by atoms with Gasteiger partial charge in [0.05, 0.1) is 5.56 Å². The molecule has 0 bridgehead atoms. The molecule has 5 nitrogen and oxygen atoms in total. The monoisotopic (exact) mass is 343 g/mol. The number of rotatable bonds is 6. The molecule has 5 heteroatoms. The lowest BCUT2D eigenvalue weighted by molar-refractivity contribution is -0.122. The van der Waals surface area contributed by atoms with Gasteiger partial charge in [-0.3, -0.25) is 9.59 Å². The number of carbonyl (C=O) groups is 2. The van der Waals surface area contributed by atoms with Crippen LogP contribution in [0.3, 0.4) is 0 Å². The lowest BCUT2D eigenvalue weighted by Gasteiger charge is -2.31. The second kappa shape index (κ2) is 8.37. The first kappa shape index (κ1) is 17.8. The molecule has 1 saturated heterocycles. The average molecular weight is 343 g/mol. The van der Waals surface area contributed by atoms with E-state index in [2.05, 4.69) is 15.5 Å². The van der Waals surface area contributed by atoms with Gasteiger partial charge in [-0.1, -0.05) is 13.3 Å². The van der Waals surface area contributed by atoms with E-state index in [1.54, 1.807) is 0 Å². The minimum absolute atomic E-state index is 0.0535. The molecule has 1 aromatic carbocycles. The summed E-state index contributed by atoms with van der Waals surface area (Å²) >= 11 is 0. The molecule has 1 aliphatic heterocycles. The number of hydrogen-bond acceptors (Lipinski definition) is 3. The molecule has 1 saturated carbocycles. The number of nitrogens with one attached hydrogen (secondary N) is 2. The van der Waals surface area contributed by atoms with Crippen molar-refractivity contribution >= 4 is 23.2 Å². The Hall–Kier alpha value is -2.04. The standard InChI is InChI=1S/C20H29N3O2/c1-2-11-21-20(25)17-14-16(22-19(24)15-7-6-8-15)9-10-18(17)23-12-4-3-5-13-23/h9-10,14-15H,2-8,11-13H2,1H3,(H,21,25)(H,22,24). The molecular formula is C20H29N3O2. The minimum Gasteiger partial charge on any atom is -0.371 e. The van der Waals surface area contributed by atoms with Gasteiger partial charge in [0, 0.05) is 36.9 Å². The van der Waals surface area contributed by atoms with Crippen LogP contribution in [0.2, 0.25) is 0 Å². The van der Waals surface area contributed by atoms with Crippen LogP contribution in [-0.2, 0) is 4.79 Å². The highest BCUT2D eigenvalue weighted by Gasteiger charge is 2.26. The second-order valence-electron chi connectivity index (χ2n) is 7.15. The van der Waals surface area contributed by atoms with Crippen LogP contribution in [-0.4, -0.2) is 31.4 Å². The summed E-state index contributed by atoms with van der Waals surface area (Å²) in [7, 11) is 0. The smallest absolute Gasteiger partial charge is 0.253 e. The Bertz CT molecular complexity index is 619. The molecule has 0 radical (unpaired) electrons. The van der Waals surface area contributed by atoms with Crippen molar-refractivity contribution in [3.8, 4) is 0 Å². The van der Waals surface area contributed by atoms with Gasteiger partial charge in [-0.2, -0.15) is 0 Å². The van der Waals surface area contributed by atoms with Crippen LogP contribution in [0.25, 0.3) is 0 Å². The molecule has 0 aromatic heterocycles. The van der Waals surface area contributed by atoms with Gasteiger partial charge in [0.2, 0.25) is 5.91 Å². The van der Waals surface area contributed by atoms with Crippen LogP contribution in [0.15, 0.2) is 18.2 Å². The molecular weight excluding hydrogens is 314 g/mol. The number of anilines is 2. The van der Waals surface area contributed by atoms with Gasteiger partial charge in [-0.25, -0.2) is 0 Å². The normalized spacial score (nSPS) is 17.7. The molecule has 1 aromatic rings. The first-order valence-corrected chi connectivity index (χ1v) is 9.67. The molecule has 0 atom stereocenters. The Morgan fingerprint density at radius 2 is 1.88 bits per heavy atom. The van der Waals surface area contributed by atoms with Crippen molar-refractivity contribution in [3.63, 3.8) is 0 Å². The Kier molecular flexibility index (Phi) is 5.95. The highest BCUT2D eigenvalue weighted by Crippen LogP contribution is 2.30. The van der Waals surface area contributed by atoms with Gasteiger partial charge < -0.3 is 15.5 Å². The zero-order valence-electron chi connectivity index (χ0n) is 15.1. The van der Waals surface area contributed by atoms with Crippen LogP contribution in [0.5, 0.6) is 0 Å². The van der Waals surface area contributed by atoms with Gasteiger partial charge in [-0.15, -0.1) is 0 Å². The molecule has 2 fully saturated rings. The van der Waals surface area contributed by atoms with Crippen LogP contribution in [0, 0.1) is 5.92 Å². The summed E-state index contributed by atoms with van der Waals surface area (Å²) in [5, 5.41) is 5.96. The summed E-state index contributed by atoms with van der Waals surface area (Å²) in [6.45, 7) is 4.68. The molecule has 136 valence electrons. The van der Waals surface area contributed by atoms with Crippen LogP contribution in [0.4, 0.5) is 11.4 Å². The summed E-state index contributed by atoms with van der Waals surface area (Å²) in [6, 6.07) is 5.76. The van der Waals surface area contributed by atoms with Crippen molar-refractivity contribution in [2.75, 3.05) is 29.9 Å². The Morgan fingerprint density at radius 3 is 2.52 bits per heavy atom. The van der Waals surface area contributed by atoms with E-state index in [9.17, 15) is 9.59 Å². The average Bonchev–Trinajstić information content (AvgIpc) is 2.58. The lowest BCUT2D eigenvalue weighted by atomic mass is 9.85. The maximum absolute atomic E-state index is 12.7. The van der Waals surface area contributed by atoms with Gasteiger partial charge in [0.25, 0.3) is 5.91 Å². The number of benzene rings is 1.